The zero-order chi connectivity index (χ0) is 17.3. The lowest BCUT2D eigenvalue weighted by Crippen LogP contribution is -2.50. The van der Waals surface area contributed by atoms with Gasteiger partial charge in [-0.1, -0.05) is 22.8 Å². The minimum Gasteiger partial charge on any atom is -0.381 e. The fourth-order valence-corrected chi connectivity index (χ4v) is 3.47. The van der Waals surface area contributed by atoms with Crippen LogP contribution in [0.15, 0.2) is 35.3 Å². The maximum Gasteiger partial charge on any atom is 0.225 e. The molecule has 0 aliphatic carbocycles. The van der Waals surface area contributed by atoms with E-state index >= 15 is 0 Å². The number of nitrogens with one attached hydrogen (secondary N) is 2. The Morgan fingerprint density at radius 1 is 1.36 bits per heavy atom. The summed E-state index contributed by atoms with van der Waals surface area (Å²) in [5.74, 6) is 0.400. The molecule has 1 saturated heterocycles. The van der Waals surface area contributed by atoms with Gasteiger partial charge in [-0.2, -0.15) is 4.98 Å². The van der Waals surface area contributed by atoms with E-state index in [1.165, 1.54) is 6.39 Å². The van der Waals surface area contributed by atoms with Gasteiger partial charge in [-0.3, -0.25) is 4.79 Å². The van der Waals surface area contributed by atoms with Crippen molar-refractivity contribution in [3.05, 3.63) is 47.2 Å². The van der Waals surface area contributed by atoms with E-state index < -0.39 is 5.54 Å². The molecule has 1 amide bonds. The van der Waals surface area contributed by atoms with E-state index in [1.54, 1.807) is 0 Å². The summed E-state index contributed by atoms with van der Waals surface area (Å²) in [4.78, 5) is 20.0. The van der Waals surface area contributed by atoms with Gasteiger partial charge in [0.15, 0.2) is 5.82 Å². The highest BCUT2D eigenvalue weighted by molar-refractivity contribution is 6.31. The highest BCUT2D eigenvalue weighted by atomic mass is 35.5. The third-order valence-electron chi connectivity index (χ3n) is 4.59. The van der Waals surface area contributed by atoms with Gasteiger partial charge in [0.2, 0.25) is 12.3 Å². The number of ether oxygens (including phenoxy) is 1. The van der Waals surface area contributed by atoms with Crippen LogP contribution in [0, 0.1) is 0 Å². The molecule has 3 heterocycles. The number of nitrogens with zero attached hydrogens (tertiary/aromatic N) is 2. The number of hydrogen-bond donors (Lipinski definition) is 2. The lowest BCUT2D eigenvalue weighted by atomic mass is 9.88. The summed E-state index contributed by atoms with van der Waals surface area (Å²) in [6, 6.07) is 5.58. The summed E-state index contributed by atoms with van der Waals surface area (Å²) in [5.41, 5.74) is 1.19. The molecule has 1 aliphatic rings. The molecule has 8 heteroatoms. The second-order valence-corrected chi connectivity index (χ2v) is 6.61. The molecule has 130 valence electrons. The van der Waals surface area contributed by atoms with Gasteiger partial charge in [0.25, 0.3) is 0 Å². The number of aromatic amines is 1. The van der Waals surface area contributed by atoms with Gasteiger partial charge in [-0.25, -0.2) is 0 Å². The first-order chi connectivity index (χ1) is 12.2. The lowest BCUT2D eigenvalue weighted by Gasteiger charge is -2.35. The Hall–Kier alpha value is -2.38. The van der Waals surface area contributed by atoms with Gasteiger partial charge in [-0.15, -0.1) is 0 Å². The molecule has 0 atom stereocenters. The normalized spacial score (nSPS) is 16.8. The first-order valence-corrected chi connectivity index (χ1v) is 8.45. The van der Waals surface area contributed by atoms with Crippen LogP contribution < -0.4 is 5.32 Å². The second kappa shape index (κ2) is 6.50. The maximum absolute atomic E-state index is 12.7. The molecule has 3 aromatic rings. The number of aromatic nitrogens is 3. The first kappa shape index (κ1) is 16.1. The van der Waals surface area contributed by atoms with Crippen molar-refractivity contribution in [3.63, 3.8) is 0 Å². The standard InChI is InChI=1S/C17H17ClN4O3/c18-12-1-2-13-11(9-19-14(13)8-12)7-15(23)21-17(3-5-24-6-4-17)16-20-10-25-22-16/h1-2,8-10,19H,3-7H2,(H,21,23). The number of benzene rings is 1. The third-order valence-corrected chi connectivity index (χ3v) is 4.83. The van der Waals surface area contributed by atoms with Crippen LogP contribution in [-0.4, -0.2) is 34.2 Å². The van der Waals surface area contributed by atoms with Crippen LogP contribution >= 0.6 is 11.6 Å². The lowest BCUT2D eigenvalue weighted by molar-refractivity contribution is -0.124. The van der Waals surface area contributed by atoms with Gasteiger partial charge in [0, 0.05) is 48.2 Å². The largest absolute Gasteiger partial charge is 0.381 e. The fraction of sp³-hybridized carbons (Fsp3) is 0.353. The zero-order valence-corrected chi connectivity index (χ0v) is 14.2. The summed E-state index contributed by atoms with van der Waals surface area (Å²) < 4.78 is 10.3. The predicted molar refractivity (Wildman–Crippen MR) is 91.2 cm³/mol. The third kappa shape index (κ3) is 3.12. The summed E-state index contributed by atoms with van der Waals surface area (Å²) in [6.45, 7) is 1.08. The molecule has 1 aromatic carbocycles. The molecular weight excluding hydrogens is 344 g/mol. The quantitative estimate of drug-likeness (QED) is 0.745. The highest BCUT2D eigenvalue weighted by Gasteiger charge is 2.39. The van der Waals surface area contributed by atoms with Crippen LogP contribution in [0.25, 0.3) is 10.9 Å². The predicted octanol–water partition coefficient (Wildman–Crippen LogP) is 2.57. The molecule has 0 radical (unpaired) electrons. The Balaban J connectivity index is 1.55. The highest BCUT2D eigenvalue weighted by Crippen LogP contribution is 2.30. The summed E-state index contributed by atoms with van der Waals surface area (Å²) in [6.07, 6.45) is 4.60. The van der Waals surface area contributed by atoms with Gasteiger partial charge < -0.3 is 19.6 Å². The second-order valence-electron chi connectivity index (χ2n) is 6.18. The SMILES string of the molecule is O=C(Cc1c[nH]c2cc(Cl)ccc12)NC1(c2ncon2)CCOCC1. The Morgan fingerprint density at radius 2 is 2.20 bits per heavy atom. The van der Waals surface area contributed by atoms with Gasteiger partial charge in [0.1, 0.15) is 5.54 Å². The van der Waals surface area contributed by atoms with Crippen molar-refractivity contribution in [3.8, 4) is 0 Å². The van der Waals surface area contributed by atoms with E-state index in [2.05, 4.69) is 20.4 Å². The molecule has 1 fully saturated rings. The van der Waals surface area contributed by atoms with Crippen molar-refractivity contribution in [2.75, 3.05) is 13.2 Å². The number of rotatable bonds is 4. The minimum absolute atomic E-state index is 0.0949. The molecule has 0 spiro atoms. The van der Waals surface area contributed by atoms with E-state index in [9.17, 15) is 4.79 Å². The van der Waals surface area contributed by atoms with Crippen molar-refractivity contribution < 1.29 is 14.1 Å². The van der Waals surface area contributed by atoms with Crippen molar-refractivity contribution in [2.45, 2.75) is 24.8 Å². The van der Waals surface area contributed by atoms with Crippen LogP contribution in [0.3, 0.4) is 0 Å². The Morgan fingerprint density at radius 3 is 2.96 bits per heavy atom. The molecule has 7 nitrogen and oxygen atoms in total. The van der Waals surface area contributed by atoms with Crippen LogP contribution in [0.1, 0.15) is 24.2 Å². The number of amides is 1. The number of fused-ring (bicyclic) bond motifs is 1. The molecule has 2 aromatic heterocycles. The summed E-state index contributed by atoms with van der Waals surface area (Å²) in [5, 5.41) is 8.69. The van der Waals surface area contributed by atoms with Crippen LogP contribution in [0.4, 0.5) is 0 Å². The molecule has 0 saturated carbocycles. The molecular formula is C17H17ClN4O3. The average molecular weight is 361 g/mol. The number of carbonyl (C=O) groups excluding carboxylic acids is 1. The Bertz CT molecular complexity index is 885. The first-order valence-electron chi connectivity index (χ1n) is 8.07. The summed E-state index contributed by atoms with van der Waals surface area (Å²) in [7, 11) is 0. The number of hydrogen-bond acceptors (Lipinski definition) is 5. The minimum atomic E-state index is -0.641. The maximum atomic E-state index is 12.7. The monoisotopic (exact) mass is 360 g/mol. The van der Waals surface area contributed by atoms with E-state index in [-0.39, 0.29) is 12.3 Å². The van der Waals surface area contributed by atoms with Crippen LogP contribution in [-0.2, 0) is 21.5 Å². The van der Waals surface area contributed by atoms with Gasteiger partial charge in [-0.05, 0) is 17.7 Å². The zero-order valence-electron chi connectivity index (χ0n) is 13.4. The van der Waals surface area contributed by atoms with E-state index in [0.29, 0.717) is 36.9 Å². The molecule has 2 N–H and O–H groups in total. The van der Waals surface area contributed by atoms with Crippen molar-refractivity contribution in [2.24, 2.45) is 0 Å². The number of halogens is 1. The topological polar surface area (TPSA) is 93.0 Å². The van der Waals surface area contributed by atoms with Gasteiger partial charge >= 0.3 is 0 Å². The molecule has 0 bridgehead atoms. The van der Waals surface area contributed by atoms with Crippen molar-refractivity contribution >= 4 is 28.4 Å². The average Bonchev–Trinajstić information content (AvgIpc) is 3.26. The van der Waals surface area contributed by atoms with Crippen molar-refractivity contribution in [1.82, 2.24) is 20.4 Å². The van der Waals surface area contributed by atoms with E-state index in [1.807, 2.05) is 24.4 Å². The van der Waals surface area contributed by atoms with Crippen LogP contribution in [0.2, 0.25) is 5.02 Å². The molecule has 0 unspecified atom stereocenters. The number of carbonyl (C=O) groups is 1. The van der Waals surface area contributed by atoms with Crippen molar-refractivity contribution in [1.29, 1.82) is 0 Å². The molecule has 1 aliphatic heterocycles. The van der Waals surface area contributed by atoms with Gasteiger partial charge in [0.05, 0.1) is 6.42 Å². The molecule has 25 heavy (non-hydrogen) atoms. The summed E-state index contributed by atoms with van der Waals surface area (Å²) >= 11 is 6.00. The smallest absolute Gasteiger partial charge is 0.225 e. The Kier molecular flexibility index (Phi) is 4.19. The number of H-pyrrole nitrogens is 1. The van der Waals surface area contributed by atoms with E-state index in [4.69, 9.17) is 20.9 Å². The van der Waals surface area contributed by atoms with E-state index in [0.717, 1.165) is 16.5 Å². The fourth-order valence-electron chi connectivity index (χ4n) is 3.29. The van der Waals surface area contributed by atoms with Crippen LogP contribution in [0.5, 0.6) is 0 Å². The Labute approximate surface area is 148 Å². The molecule has 4 rings (SSSR count).